The Balaban J connectivity index is 2.10. The Morgan fingerprint density at radius 2 is 1.94 bits per heavy atom. The molecule has 0 amide bonds. The molecule has 0 unspecified atom stereocenters. The van der Waals surface area contributed by atoms with Crippen molar-refractivity contribution in [3.63, 3.8) is 0 Å². The summed E-state index contributed by atoms with van der Waals surface area (Å²) < 4.78 is 0. The van der Waals surface area contributed by atoms with E-state index in [-0.39, 0.29) is 0 Å². The Kier molecular flexibility index (Phi) is 4.82. The van der Waals surface area contributed by atoms with E-state index in [0.29, 0.717) is 0 Å². The summed E-state index contributed by atoms with van der Waals surface area (Å²) in [5.41, 5.74) is 0. The number of nitrogens with zero attached hydrogens (tertiary/aromatic N) is 2. The standard InChI is InChI=1S/C15H19ClN2/c1-18(12-6-2-5-10-16)15-14-8-4-3-7-13(14)9-11-17-15/h3-4,7-9,11H,2,5-6,10,12H2,1H3. The fourth-order valence-corrected chi connectivity index (χ4v) is 2.32. The van der Waals surface area contributed by atoms with Gasteiger partial charge < -0.3 is 4.90 Å². The maximum Gasteiger partial charge on any atom is 0.136 e. The largest absolute Gasteiger partial charge is 0.359 e. The fraction of sp³-hybridized carbons (Fsp3) is 0.400. The first-order valence-electron chi connectivity index (χ1n) is 6.44. The van der Waals surface area contributed by atoms with Crippen LogP contribution in [0.5, 0.6) is 0 Å². The molecule has 2 rings (SSSR count). The van der Waals surface area contributed by atoms with Gasteiger partial charge in [-0.25, -0.2) is 4.98 Å². The molecule has 18 heavy (non-hydrogen) atoms. The molecular weight excluding hydrogens is 244 g/mol. The number of hydrogen-bond donors (Lipinski definition) is 0. The normalized spacial score (nSPS) is 10.8. The zero-order valence-electron chi connectivity index (χ0n) is 10.8. The van der Waals surface area contributed by atoms with Gasteiger partial charge in [0.2, 0.25) is 0 Å². The summed E-state index contributed by atoms with van der Waals surface area (Å²) in [6.07, 6.45) is 5.32. The summed E-state index contributed by atoms with van der Waals surface area (Å²) in [7, 11) is 2.11. The molecule has 1 aromatic carbocycles. The Morgan fingerprint density at radius 3 is 2.78 bits per heavy atom. The van der Waals surface area contributed by atoms with Gasteiger partial charge >= 0.3 is 0 Å². The van der Waals surface area contributed by atoms with Gasteiger partial charge in [0.1, 0.15) is 5.82 Å². The predicted octanol–water partition coefficient (Wildman–Crippen LogP) is 4.08. The van der Waals surface area contributed by atoms with Crippen molar-refractivity contribution in [2.24, 2.45) is 0 Å². The number of hydrogen-bond acceptors (Lipinski definition) is 2. The minimum atomic E-state index is 0.760. The molecule has 2 aromatic rings. The van der Waals surface area contributed by atoms with Crippen LogP contribution in [0, 0.1) is 0 Å². The minimum absolute atomic E-state index is 0.760. The Bertz CT molecular complexity index is 493. The van der Waals surface area contributed by atoms with Gasteiger partial charge in [0.05, 0.1) is 0 Å². The molecule has 2 nitrogen and oxygen atoms in total. The van der Waals surface area contributed by atoms with E-state index < -0.39 is 0 Å². The third kappa shape index (κ3) is 3.14. The van der Waals surface area contributed by atoms with Gasteiger partial charge in [-0.05, 0) is 24.3 Å². The van der Waals surface area contributed by atoms with Crippen molar-refractivity contribution in [3.8, 4) is 0 Å². The van der Waals surface area contributed by atoms with Crippen LogP contribution in [-0.4, -0.2) is 24.5 Å². The molecule has 0 saturated heterocycles. The van der Waals surface area contributed by atoms with Crippen LogP contribution in [0.2, 0.25) is 0 Å². The maximum absolute atomic E-state index is 5.69. The van der Waals surface area contributed by atoms with Crippen LogP contribution in [0.15, 0.2) is 36.5 Å². The number of aromatic nitrogens is 1. The van der Waals surface area contributed by atoms with Gasteiger partial charge in [0, 0.05) is 31.1 Å². The minimum Gasteiger partial charge on any atom is -0.359 e. The first-order chi connectivity index (χ1) is 8.83. The summed E-state index contributed by atoms with van der Waals surface area (Å²) in [6.45, 7) is 1.03. The van der Waals surface area contributed by atoms with Crippen LogP contribution in [0.25, 0.3) is 10.8 Å². The molecule has 0 fully saturated rings. The van der Waals surface area contributed by atoms with E-state index in [0.717, 1.165) is 31.1 Å². The zero-order valence-corrected chi connectivity index (χ0v) is 11.5. The van der Waals surface area contributed by atoms with Gasteiger partial charge in [0.15, 0.2) is 0 Å². The molecule has 0 aliphatic heterocycles. The predicted molar refractivity (Wildman–Crippen MR) is 79.6 cm³/mol. The van der Waals surface area contributed by atoms with E-state index in [1.165, 1.54) is 17.2 Å². The second kappa shape index (κ2) is 6.60. The summed E-state index contributed by atoms with van der Waals surface area (Å²) in [5.74, 6) is 1.83. The van der Waals surface area contributed by atoms with Gasteiger partial charge in [-0.15, -0.1) is 11.6 Å². The highest BCUT2D eigenvalue weighted by Crippen LogP contribution is 2.23. The van der Waals surface area contributed by atoms with E-state index in [1.807, 2.05) is 6.20 Å². The molecule has 0 radical (unpaired) electrons. The lowest BCUT2D eigenvalue weighted by Crippen LogP contribution is -2.19. The van der Waals surface area contributed by atoms with Crippen molar-refractivity contribution in [1.82, 2.24) is 4.98 Å². The Labute approximate surface area is 114 Å². The smallest absolute Gasteiger partial charge is 0.136 e. The maximum atomic E-state index is 5.69. The van der Waals surface area contributed by atoms with Crippen molar-refractivity contribution in [3.05, 3.63) is 36.5 Å². The molecule has 0 aliphatic carbocycles. The lowest BCUT2D eigenvalue weighted by atomic mass is 10.1. The highest BCUT2D eigenvalue weighted by Gasteiger charge is 2.06. The first-order valence-corrected chi connectivity index (χ1v) is 6.97. The molecule has 0 spiro atoms. The third-order valence-electron chi connectivity index (χ3n) is 3.14. The topological polar surface area (TPSA) is 16.1 Å². The molecule has 96 valence electrons. The second-order valence-electron chi connectivity index (χ2n) is 4.53. The summed E-state index contributed by atoms with van der Waals surface area (Å²) in [6, 6.07) is 10.4. The molecule has 0 atom stereocenters. The molecule has 0 aliphatic rings. The number of benzene rings is 1. The van der Waals surface area contributed by atoms with Gasteiger partial charge in [-0.1, -0.05) is 30.7 Å². The van der Waals surface area contributed by atoms with Gasteiger partial charge in [-0.2, -0.15) is 0 Å². The molecular formula is C15H19ClN2. The third-order valence-corrected chi connectivity index (χ3v) is 3.41. The van der Waals surface area contributed by atoms with Gasteiger partial charge in [-0.3, -0.25) is 0 Å². The lowest BCUT2D eigenvalue weighted by Gasteiger charge is -2.19. The van der Waals surface area contributed by atoms with Crippen LogP contribution in [0.3, 0.4) is 0 Å². The second-order valence-corrected chi connectivity index (χ2v) is 4.90. The van der Waals surface area contributed by atoms with Gasteiger partial charge in [0.25, 0.3) is 0 Å². The summed E-state index contributed by atoms with van der Waals surface area (Å²) >= 11 is 5.69. The molecule has 0 saturated carbocycles. The molecule has 0 N–H and O–H groups in total. The van der Waals surface area contributed by atoms with E-state index in [9.17, 15) is 0 Å². The van der Waals surface area contributed by atoms with Crippen LogP contribution < -0.4 is 4.90 Å². The number of halogens is 1. The molecule has 1 heterocycles. The highest BCUT2D eigenvalue weighted by atomic mass is 35.5. The SMILES string of the molecule is CN(CCCCCCl)c1nccc2ccccc12. The average molecular weight is 263 g/mol. The average Bonchev–Trinajstić information content (AvgIpc) is 2.43. The first kappa shape index (κ1) is 13.2. The van der Waals surface area contributed by atoms with Crippen LogP contribution in [0.1, 0.15) is 19.3 Å². The quantitative estimate of drug-likeness (QED) is 0.576. The summed E-state index contributed by atoms with van der Waals surface area (Å²) in [5, 5.41) is 2.47. The summed E-state index contributed by atoms with van der Waals surface area (Å²) in [4.78, 5) is 6.74. The number of pyridine rings is 1. The van der Waals surface area contributed by atoms with E-state index >= 15 is 0 Å². The monoisotopic (exact) mass is 262 g/mol. The Hall–Kier alpha value is -1.28. The number of alkyl halides is 1. The number of rotatable bonds is 6. The van der Waals surface area contributed by atoms with Crippen molar-refractivity contribution in [2.45, 2.75) is 19.3 Å². The van der Waals surface area contributed by atoms with Crippen molar-refractivity contribution < 1.29 is 0 Å². The Morgan fingerprint density at radius 1 is 1.11 bits per heavy atom. The molecule has 0 bridgehead atoms. The lowest BCUT2D eigenvalue weighted by molar-refractivity contribution is 0.705. The van der Waals surface area contributed by atoms with Crippen LogP contribution in [-0.2, 0) is 0 Å². The van der Waals surface area contributed by atoms with E-state index in [1.54, 1.807) is 0 Å². The van der Waals surface area contributed by atoms with E-state index in [4.69, 9.17) is 11.6 Å². The number of anilines is 1. The van der Waals surface area contributed by atoms with Crippen LogP contribution >= 0.6 is 11.6 Å². The zero-order chi connectivity index (χ0) is 12.8. The van der Waals surface area contributed by atoms with Crippen molar-refractivity contribution in [1.29, 1.82) is 0 Å². The molecule has 1 aromatic heterocycles. The van der Waals surface area contributed by atoms with Crippen molar-refractivity contribution in [2.75, 3.05) is 24.4 Å². The van der Waals surface area contributed by atoms with E-state index in [2.05, 4.69) is 47.3 Å². The molecule has 3 heteroatoms. The van der Waals surface area contributed by atoms with Crippen LogP contribution in [0.4, 0.5) is 5.82 Å². The highest BCUT2D eigenvalue weighted by molar-refractivity contribution is 6.17. The van der Waals surface area contributed by atoms with Crippen molar-refractivity contribution >= 4 is 28.2 Å². The number of fused-ring (bicyclic) bond motifs is 1. The fourth-order valence-electron chi connectivity index (χ4n) is 2.13. The number of unbranched alkanes of at least 4 members (excludes halogenated alkanes) is 2.